The molecule has 0 aliphatic heterocycles. The molecule has 4 nitrogen and oxygen atoms in total. The van der Waals surface area contributed by atoms with Crippen LogP contribution in [0.15, 0.2) is 24.3 Å². The first-order valence-electron chi connectivity index (χ1n) is 6.21. The topological polar surface area (TPSA) is 41.6 Å². The van der Waals surface area contributed by atoms with Gasteiger partial charge in [-0.3, -0.25) is 4.79 Å². The van der Waals surface area contributed by atoms with E-state index in [0.717, 1.165) is 12.8 Å². The number of anilines is 1. The van der Waals surface area contributed by atoms with Crippen LogP contribution in [-0.2, 0) is 4.79 Å². The second kappa shape index (κ2) is 5.60. The lowest BCUT2D eigenvalue weighted by Crippen LogP contribution is -2.33. The molecule has 20 heavy (non-hydrogen) atoms. The second-order valence-corrected chi connectivity index (χ2v) is 4.63. The third-order valence-corrected chi connectivity index (χ3v) is 3.03. The van der Waals surface area contributed by atoms with Crippen molar-refractivity contribution in [1.29, 1.82) is 0 Å². The Morgan fingerprint density at radius 3 is 2.65 bits per heavy atom. The first-order valence-corrected chi connectivity index (χ1v) is 6.21. The summed E-state index contributed by atoms with van der Waals surface area (Å²) in [5.74, 6) is -0.504. The largest absolute Gasteiger partial charge is 0.573 e. The van der Waals surface area contributed by atoms with Gasteiger partial charge < -0.3 is 15.0 Å². The number of hydrogen-bond donors (Lipinski definition) is 1. The van der Waals surface area contributed by atoms with Gasteiger partial charge in [-0.05, 0) is 25.0 Å². The van der Waals surface area contributed by atoms with Gasteiger partial charge >= 0.3 is 6.36 Å². The van der Waals surface area contributed by atoms with Gasteiger partial charge in [0, 0.05) is 13.1 Å². The lowest BCUT2D eigenvalue weighted by atomic mass is 10.3. The third-order valence-electron chi connectivity index (χ3n) is 3.03. The fourth-order valence-electron chi connectivity index (χ4n) is 1.79. The Hall–Kier alpha value is -1.92. The molecule has 110 valence electrons. The Balaban J connectivity index is 1.96. The second-order valence-electron chi connectivity index (χ2n) is 4.63. The summed E-state index contributed by atoms with van der Waals surface area (Å²) in [6.07, 6.45) is -2.79. The molecular weight excluding hydrogens is 273 g/mol. The Labute approximate surface area is 114 Å². The predicted molar refractivity (Wildman–Crippen MR) is 67.4 cm³/mol. The van der Waals surface area contributed by atoms with Crippen LogP contribution in [0.5, 0.6) is 5.75 Å². The average Bonchev–Trinajstić information content (AvgIpc) is 3.19. The summed E-state index contributed by atoms with van der Waals surface area (Å²) in [6.45, 7) is -0.0643. The summed E-state index contributed by atoms with van der Waals surface area (Å²) in [6, 6.07) is 5.91. The zero-order valence-corrected chi connectivity index (χ0v) is 10.9. The molecule has 1 fully saturated rings. The van der Waals surface area contributed by atoms with Gasteiger partial charge in [0.1, 0.15) is 0 Å². The third kappa shape index (κ3) is 4.04. The summed E-state index contributed by atoms with van der Waals surface area (Å²) >= 11 is 0. The van der Waals surface area contributed by atoms with Crippen LogP contribution in [0.2, 0.25) is 0 Å². The van der Waals surface area contributed by atoms with E-state index in [1.165, 1.54) is 18.2 Å². The number of carbonyl (C=O) groups is 1. The maximum absolute atomic E-state index is 12.2. The number of para-hydroxylation sites is 2. The molecule has 0 atom stereocenters. The smallest absolute Gasteiger partial charge is 0.404 e. The number of hydrogen-bond acceptors (Lipinski definition) is 3. The minimum absolute atomic E-state index is 0.0643. The number of alkyl halides is 3. The molecule has 0 aromatic heterocycles. The van der Waals surface area contributed by atoms with Gasteiger partial charge in [-0.1, -0.05) is 12.1 Å². The van der Waals surface area contributed by atoms with E-state index in [4.69, 9.17) is 0 Å². The van der Waals surface area contributed by atoms with Crippen molar-refractivity contribution in [3.63, 3.8) is 0 Å². The van der Waals surface area contributed by atoms with E-state index in [1.807, 2.05) is 0 Å². The van der Waals surface area contributed by atoms with Crippen LogP contribution in [0.4, 0.5) is 18.9 Å². The SMILES string of the molecule is CN(C(=O)CNc1ccccc1OC(F)(F)F)C1CC1. The van der Waals surface area contributed by atoms with E-state index in [2.05, 4.69) is 10.1 Å². The summed E-state index contributed by atoms with van der Waals surface area (Å²) in [7, 11) is 1.69. The van der Waals surface area contributed by atoms with E-state index >= 15 is 0 Å². The summed E-state index contributed by atoms with van der Waals surface area (Å²) in [4.78, 5) is 13.4. The van der Waals surface area contributed by atoms with Crippen LogP contribution >= 0.6 is 0 Å². The van der Waals surface area contributed by atoms with Gasteiger partial charge in [-0.25, -0.2) is 0 Å². The number of halogens is 3. The van der Waals surface area contributed by atoms with Gasteiger partial charge in [0.05, 0.1) is 12.2 Å². The molecule has 1 amide bonds. The zero-order chi connectivity index (χ0) is 14.8. The molecule has 7 heteroatoms. The van der Waals surface area contributed by atoms with E-state index in [0.29, 0.717) is 0 Å². The Morgan fingerprint density at radius 1 is 1.40 bits per heavy atom. The lowest BCUT2D eigenvalue weighted by Gasteiger charge is -2.18. The molecule has 0 heterocycles. The highest BCUT2D eigenvalue weighted by Crippen LogP contribution is 2.30. The number of nitrogens with one attached hydrogen (secondary N) is 1. The standard InChI is InChI=1S/C13H15F3N2O2/c1-18(9-6-7-9)12(19)8-17-10-4-2-3-5-11(10)20-13(14,15)16/h2-5,9,17H,6-8H2,1H3. The minimum atomic E-state index is -4.76. The quantitative estimate of drug-likeness (QED) is 0.905. The van der Waals surface area contributed by atoms with Crippen LogP contribution in [0.3, 0.4) is 0 Å². The van der Waals surface area contributed by atoms with Gasteiger partial charge in [0.25, 0.3) is 0 Å². The molecule has 1 saturated carbocycles. The number of benzene rings is 1. The van der Waals surface area contributed by atoms with Gasteiger partial charge in [-0.15, -0.1) is 13.2 Å². The van der Waals surface area contributed by atoms with E-state index in [1.54, 1.807) is 18.0 Å². The normalized spacial score (nSPS) is 14.8. The monoisotopic (exact) mass is 288 g/mol. The van der Waals surface area contributed by atoms with Crippen LogP contribution in [0.25, 0.3) is 0 Å². The van der Waals surface area contributed by atoms with Crippen LogP contribution in [0, 0.1) is 0 Å². The van der Waals surface area contributed by atoms with Crippen LogP contribution < -0.4 is 10.1 Å². The Bertz CT molecular complexity index is 487. The Kier molecular flexibility index (Phi) is 4.06. The fourth-order valence-corrected chi connectivity index (χ4v) is 1.79. The molecule has 1 aliphatic rings. The highest BCUT2D eigenvalue weighted by Gasteiger charge is 2.32. The Morgan fingerprint density at radius 2 is 2.05 bits per heavy atom. The van der Waals surface area contributed by atoms with Crippen LogP contribution in [0.1, 0.15) is 12.8 Å². The minimum Gasteiger partial charge on any atom is -0.404 e. The number of ether oxygens (including phenoxy) is 1. The van der Waals surface area contributed by atoms with Crippen molar-refractivity contribution in [2.24, 2.45) is 0 Å². The predicted octanol–water partition coefficient (Wildman–Crippen LogP) is 2.62. The average molecular weight is 288 g/mol. The molecule has 1 N–H and O–H groups in total. The van der Waals surface area contributed by atoms with Crippen molar-refractivity contribution in [1.82, 2.24) is 4.90 Å². The zero-order valence-electron chi connectivity index (χ0n) is 10.9. The van der Waals surface area contributed by atoms with Crippen LogP contribution in [-0.4, -0.2) is 36.8 Å². The fraction of sp³-hybridized carbons (Fsp3) is 0.462. The molecule has 2 rings (SSSR count). The van der Waals surface area contributed by atoms with E-state index < -0.39 is 6.36 Å². The van der Waals surface area contributed by atoms with Crippen molar-refractivity contribution in [3.05, 3.63) is 24.3 Å². The number of carbonyl (C=O) groups excluding carboxylic acids is 1. The highest BCUT2D eigenvalue weighted by atomic mass is 19.4. The van der Waals surface area contributed by atoms with Crippen molar-refractivity contribution in [2.75, 3.05) is 18.9 Å². The lowest BCUT2D eigenvalue weighted by molar-refractivity contribution is -0.274. The number of rotatable bonds is 5. The molecule has 1 aromatic carbocycles. The van der Waals surface area contributed by atoms with Crippen molar-refractivity contribution < 1.29 is 22.7 Å². The summed E-state index contributed by atoms with van der Waals surface area (Å²) < 4.78 is 40.6. The molecule has 0 radical (unpaired) electrons. The molecule has 1 aliphatic carbocycles. The highest BCUT2D eigenvalue weighted by molar-refractivity contribution is 5.81. The molecule has 1 aromatic rings. The van der Waals surface area contributed by atoms with E-state index in [-0.39, 0.29) is 29.9 Å². The number of nitrogens with zero attached hydrogens (tertiary/aromatic N) is 1. The van der Waals surface area contributed by atoms with Crippen molar-refractivity contribution >= 4 is 11.6 Å². The first kappa shape index (κ1) is 14.5. The van der Waals surface area contributed by atoms with E-state index in [9.17, 15) is 18.0 Å². The van der Waals surface area contributed by atoms with Crippen molar-refractivity contribution in [3.8, 4) is 5.75 Å². The molecule has 0 saturated heterocycles. The molecule has 0 bridgehead atoms. The number of amides is 1. The number of likely N-dealkylation sites (N-methyl/N-ethyl adjacent to an activating group) is 1. The molecular formula is C13H15F3N2O2. The van der Waals surface area contributed by atoms with Crippen molar-refractivity contribution in [2.45, 2.75) is 25.2 Å². The maximum atomic E-state index is 12.2. The van der Waals surface area contributed by atoms with Gasteiger partial charge in [0.2, 0.25) is 5.91 Å². The van der Waals surface area contributed by atoms with Gasteiger partial charge in [0.15, 0.2) is 5.75 Å². The molecule has 0 unspecified atom stereocenters. The first-order chi connectivity index (χ1) is 9.37. The summed E-state index contributed by atoms with van der Waals surface area (Å²) in [5, 5.41) is 2.68. The molecule has 0 spiro atoms. The van der Waals surface area contributed by atoms with Gasteiger partial charge in [-0.2, -0.15) is 0 Å². The summed E-state index contributed by atoms with van der Waals surface area (Å²) in [5.41, 5.74) is 0.141. The maximum Gasteiger partial charge on any atom is 0.573 e.